The number of nitrogens with one attached hydrogen (secondary N) is 1. The highest BCUT2D eigenvalue weighted by molar-refractivity contribution is 7.09. The Hall–Kier alpha value is -3.01. The average molecular weight is 496 g/mol. The van der Waals surface area contributed by atoms with Crippen molar-refractivity contribution in [1.82, 2.24) is 19.6 Å². The van der Waals surface area contributed by atoms with Crippen LogP contribution in [-0.2, 0) is 22.5 Å². The Balaban J connectivity index is 1.35. The fraction of sp³-hybridized carbons (Fsp3) is 0.423. The number of methoxy groups -OCH3 is 1. The molecule has 9 heteroatoms. The van der Waals surface area contributed by atoms with Crippen molar-refractivity contribution in [1.29, 1.82) is 0 Å². The molecule has 1 N–H and O–H groups in total. The fourth-order valence-corrected chi connectivity index (χ4v) is 4.67. The summed E-state index contributed by atoms with van der Waals surface area (Å²) in [5.74, 6) is 1.55. The van der Waals surface area contributed by atoms with E-state index in [2.05, 4.69) is 26.7 Å². The van der Waals surface area contributed by atoms with E-state index in [-0.39, 0.29) is 12.5 Å². The maximum Gasteiger partial charge on any atom is 0.239 e. The summed E-state index contributed by atoms with van der Waals surface area (Å²) in [5.41, 5.74) is 2.21. The van der Waals surface area contributed by atoms with E-state index in [1.54, 1.807) is 7.11 Å². The van der Waals surface area contributed by atoms with E-state index in [9.17, 15) is 4.79 Å². The van der Waals surface area contributed by atoms with Crippen LogP contribution in [0.5, 0.6) is 5.75 Å². The van der Waals surface area contributed by atoms with Crippen molar-refractivity contribution in [3.05, 3.63) is 71.5 Å². The van der Waals surface area contributed by atoms with Crippen molar-refractivity contribution in [3.63, 3.8) is 0 Å². The number of hydrogen-bond donors (Lipinski definition) is 1. The van der Waals surface area contributed by atoms with Gasteiger partial charge in [-0.05, 0) is 36.2 Å². The SMILES string of the molecule is COc1cccc(Cc2nsc(N(CC(=O)NCCCN3CCOCC3)Cc3ccccc3)n2)c1. The largest absolute Gasteiger partial charge is 0.497 e. The predicted molar refractivity (Wildman–Crippen MR) is 138 cm³/mol. The monoisotopic (exact) mass is 495 g/mol. The highest BCUT2D eigenvalue weighted by atomic mass is 32.1. The number of aromatic nitrogens is 2. The Morgan fingerprint density at radius 2 is 1.94 bits per heavy atom. The van der Waals surface area contributed by atoms with Gasteiger partial charge in [0.25, 0.3) is 0 Å². The fourth-order valence-electron chi connectivity index (χ4n) is 3.99. The number of benzene rings is 2. The van der Waals surface area contributed by atoms with Crippen molar-refractivity contribution in [2.45, 2.75) is 19.4 Å². The Bertz CT molecular complexity index is 1060. The van der Waals surface area contributed by atoms with Gasteiger partial charge in [-0.15, -0.1) is 0 Å². The van der Waals surface area contributed by atoms with Gasteiger partial charge < -0.3 is 19.7 Å². The molecule has 3 aromatic rings. The number of carbonyl (C=O) groups excluding carboxylic acids is 1. The molecule has 1 fully saturated rings. The van der Waals surface area contributed by atoms with Crippen molar-refractivity contribution < 1.29 is 14.3 Å². The van der Waals surface area contributed by atoms with Crippen LogP contribution in [0, 0.1) is 0 Å². The van der Waals surface area contributed by atoms with Crippen LogP contribution in [-0.4, -0.2) is 73.2 Å². The first-order chi connectivity index (χ1) is 17.2. The van der Waals surface area contributed by atoms with Gasteiger partial charge in [-0.25, -0.2) is 4.98 Å². The molecular formula is C26H33N5O3S. The lowest BCUT2D eigenvalue weighted by Crippen LogP contribution is -2.40. The molecule has 0 bridgehead atoms. The van der Waals surface area contributed by atoms with Gasteiger partial charge in [0.1, 0.15) is 11.6 Å². The van der Waals surface area contributed by atoms with Gasteiger partial charge >= 0.3 is 0 Å². The first-order valence-corrected chi connectivity index (χ1v) is 12.8. The average Bonchev–Trinajstić information content (AvgIpc) is 3.36. The summed E-state index contributed by atoms with van der Waals surface area (Å²) in [6.45, 7) is 5.98. The van der Waals surface area contributed by atoms with Crippen LogP contribution < -0.4 is 15.0 Å². The molecule has 186 valence electrons. The Kier molecular flexibility index (Phi) is 9.45. The molecule has 0 saturated carbocycles. The number of carbonyl (C=O) groups is 1. The smallest absolute Gasteiger partial charge is 0.239 e. The lowest BCUT2D eigenvalue weighted by atomic mass is 10.1. The molecule has 0 aliphatic carbocycles. The van der Waals surface area contributed by atoms with Crippen molar-refractivity contribution in [2.75, 3.05) is 57.9 Å². The molecule has 2 aromatic carbocycles. The second-order valence-electron chi connectivity index (χ2n) is 8.52. The van der Waals surface area contributed by atoms with Crippen LogP contribution in [0.2, 0.25) is 0 Å². The molecular weight excluding hydrogens is 462 g/mol. The van der Waals surface area contributed by atoms with Gasteiger partial charge in [-0.2, -0.15) is 4.37 Å². The third-order valence-corrected chi connectivity index (χ3v) is 6.67. The number of hydrogen-bond acceptors (Lipinski definition) is 8. The molecule has 1 saturated heterocycles. The van der Waals surface area contributed by atoms with Gasteiger partial charge in [-0.1, -0.05) is 42.5 Å². The summed E-state index contributed by atoms with van der Waals surface area (Å²) < 4.78 is 15.3. The highest BCUT2D eigenvalue weighted by Gasteiger charge is 2.17. The van der Waals surface area contributed by atoms with Gasteiger partial charge in [-0.3, -0.25) is 9.69 Å². The van der Waals surface area contributed by atoms with Gasteiger partial charge in [0.2, 0.25) is 11.0 Å². The summed E-state index contributed by atoms with van der Waals surface area (Å²) >= 11 is 1.33. The number of ether oxygens (including phenoxy) is 2. The van der Waals surface area contributed by atoms with E-state index in [1.807, 2.05) is 47.4 Å². The molecule has 1 aromatic heterocycles. The number of rotatable bonds is 12. The van der Waals surface area contributed by atoms with Crippen LogP contribution in [0.1, 0.15) is 23.4 Å². The minimum Gasteiger partial charge on any atom is -0.497 e. The third-order valence-electron chi connectivity index (χ3n) is 5.85. The van der Waals surface area contributed by atoms with E-state index >= 15 is 0 Å². The van der Waals surface area contributed by atoms with Crippen LogP contribution in [0.4, 0.5) is 5.13 Å². The van der Waals surface area contributed by atoms with Crippen LogP contribution in [0.3, 0.4) is 0 Å². The van der Waals surface area contributed by atoms with Crippen molar-refractivity contribution >= 4 is 22.6 Å². The first-order valence-electron chi connectivity index (χ1n) is 12.0. The Morgan fingerprint density at radius 1 is 1.14 bits per heavy atom. The third kappa shape index (κ3) is 8.02. The molecule has 0 spiro atoms. The molecule has 1 aliphatic heterocycles. The standard InChI is InChI=1S/C26H33N5O3S/c1-33-23-10-5-9-22(17-23)18-24-28-26(35-29-24)31(19-21-7-3-2-4-8-21)20-25(32)27-11-6-12-30-13-15-34-16-14-30/h2-5,7-10,17H,6,11-16,18-20H2,1H3,(H,27,32). The zero-order valence-electron chi connectivity index (χ0n) is 20.2. The zero-order chi connectivity index (χ0) is 24.3. The molecule has 0 unspecified atom stereocenters. The lowest BCUT2D eigenvalue weighted by Gasteiger charge is -2.26. The predicted octanol–water partition coefficient (Wildman–Crippen LogP) is 2.98. The summed E-state index contributed by atoms with van der Waals surface area (Å²) in [6.07, 6.45) is 1.54. The summed E-state index contributed by atoms with van der Waals surface area (Å²) in [7, 11) is 1.66. The number of anilines is 1. The second-order valence-corrected chi connectivity index (χ2v) is 9.25. The first kappa shape index (κ1) is 25.1. The summed E-state index contributed by atoms with van der Waals surface area (Å²) in [5, 5.41) is 3.82. The summed E-state index contributed by atoms with van der Waals surface area (Å²) in [6, 6.07) is 18.0. The van der Waals surface area contributed by atoms with Crippen LogP contribution in [0.25, 0.3) is 0 Å². The molecule has 4 rings (SSSR count). The van der Waals surface area contributed by atoms with Gasteiger partial charge in [0, 0.05) is 44.1 Å². The molecule has 0 radical (unpaired) electrons. The maximum atomic E-state index is 12.8. The normalized spacial score (nSPS) is 14.0. The molecule has 2 heterocycles. The van der Waals surface area contributed by atoms with Crippen molar-refractivity contribution in [3.8, 4) is 5.75 Å². The Morgan fingerprint density at radius 3 is 2.74 bits per heavy atom. The molecule has 1 aliphatic rings. The van der Waals surface area contributed by atoms with Gasteiger partial charge in [0.05, 0.1) is 26.9 Å². The molecule has 8 nitrogen and oxygen atoms in total. The zero-order valence-corrected chi connectivity index (χ0v) is 21.0. The van der Waals surface area contributed by atoms with E-state index in [4.69, 9.17) is 14.5 Å². The second kappa shape index (κ2) is 13.2. The van der Waals surface area contributed by atoms with E-state index in [0.29, 0.717) is 19.5 Å². The number of amides is 1. The van der Waals surface area contributed by atoms with Crippen molar-refractivity contribution in [2.24, 2.45) is 0 Å². The minimum atomic E-state index is -0.00699. The van der Waals surface area contributed by atoms with E-state index in [1.165, 1.54) is 11.5 Å². The molecule has 35 heavy (non-hydrogen) atoms. The van der Waals surface area contributed by atoms with E-state index in [0.717, 1.165) is 67.1 Å². The van der Waals surface area contributed by atoms with Gasteiger partial charge in [0.15, 0.2) is 0 Å². The quantitative estimate of drug-likeness (QED) is 0.387. The lowest BCUT2D eigenvalue weighted by molar-refractivity contribution is -0.119. The minimum absolute atomic E-state index is 0.00699. The Labute approximate surface area is 211 Å². The number of morpholine rings is 1. The molecule has 0 atom stereocenters. The highest BCUT2D eigenvalue weighted by Crippen LogP contribution is 2.22. The summed E-state index contributed by atoms with van der Waals surface area (Å²) in [4.78, 5) is 21.9. The van der Waals surface area contributed by atoms with Crippen LogP contribution in [0.15, 0.2) is 54.6 Å². The topological polar surface area (TPSA) is 79.8 Å². The van der Waals surface area contributed by atoms with E-state index < -0.39 is 0 Å². The number of nitrogens with zero attached hydrogens (tertiary/aromatic N) is 4. The molecule has 1 amide bonds. The maximum absolute atomic E-state index is 12.8. The van der Waals surface area contributed by atoms with Crippen LogP contribution >= 0.6 is 11.5 Å².